The molecule has 2 aliphatic rings. The van der Waals surface area contributed by atoms with Crippen LogP contribution in [0.5, 0.6) is 0 Å². The largest absolute Gasteiger partial charge is 0.468 e. The van der Waals surface area contributed by atoms with Gasteiger partial charge in [0.1, 0.15) is 11.6 Å². The molecule has 2 saturated carbocycles. The van der Waals surface area contributed by atoms with Crippen molar-refractivity contribution < 1.29 is 9.53 Å². The molecule has 0 aromatic carbocycles. The molecule has 1 heterocycles. The van der Waals surface area contributed by atoms with Crippen LogP contribution in [0.1, 0.15) is 25.7 Å². The molecule has 1 aromatic rings. The topological polar surface area (TPSA) is 73.2 Å². The number of carbonyl (C=O) groups is 1. The first-order valence-corrected chi connectivity index (χ1v) is 7.57. The van der Waals surface area contributed by atoms with Gasteiger partial charge < -0.3 is 10.1 Å². The lowest BCUT2D eigenvalue weighted by Crippen LogP contribution is -2.30. The monoisotopic (exact) mass is 311 g/mol. The number of hydrogen-bond acceptors (Lipinski definition) is 5. The number of methoxy groups -OCH3 is 1. The van der Waals surface area contributed by atoms with Gasteiger partial charge in [0.25, 0.3) is 5.56 Å². The van der Waals surface area contributed by atoms with Gasteiger partial charge in [-0.1, -0.05) is 11.6 Å². The van der Waals surface area contributed by atoms with Crippen LogP contribution in [0, 0.1) is 11.8 Å². The molecule has 21 heavy (non-hydrogen) atoms. The Morgan fingerprint density at radius 1 is 1.48 bits per heavy atom. The van der Waals surface area contributed by atoms with Crippen LogP contribution in [0.2, 0.25) is 5.02 Å². The number of carbonyl (C=O) groups excluding carboxylic acids is 1. The van der Waals surface area contributed by atoms with Gasteiger partial charge in [-0.15, -0.1) is 0 Å². The lowest BCUT2D eigenvalue weighted by atomic mass is 10.1. The molecular weight excluding hydrogens is 294 g/mol. The van der Waals surface area contributed by atoms with Gasteiger partial charge in [-0.05, 0) is 37.5 Å². The molecule has 1 aromatic heterocycles. The van der Waals surface area contributed by atoms with Crippen LogP contribution in [0.4, 0.5) is 5.69 Å². The van der Waals surface area contributed by atoms with Crippen LogP contribution in [0.15, 0.2) is 11.0 Å². The van der Waals surface area contributed by atoms with Crippen LogP contribution >= 0.6 is 11.6 Å². The Balaban J connectivity index is 1.78. The molecule has 2 fully saturated rings. The Kier molecular flexibility index (Phi) is 3.89. The summed E-state index contributed by atoms with van der Waals surface area (Å²) in [4.78, 5) is 23.3. The standard InChI is InChI=1S/C14H18ClN3O3/c1-21-11(19)7-18-14(20)12(15)10(6-16-18)17-13(8-2-3-8)9-4-5-9/h6,8-9,13,17H,2-5,7H2,1H3. The molecule has 1 N–H and O–H groups in total. The fourth-order valence-corrected chi connectivity index (χ4v) is 2.78. The number of ether oxygens (including phenoxy) is 1. The van der Waals surface area contributed by atoms with Crippen molar-refractivity contribution in [2.75, 3.05) is 12.4 Å². The number of esters is 1. The fourth-order valence-electron chi connectivity index (χ4n) is 2.58. The normalized spacial score (nSPS) is 17.9. The Morgan fingerprint density at radius 2 is 2.10 bits per heavy atom. The molecule has 0 bridgehead atoms. The molecule has 0 aliphatic heterocycles. The van der Waals surface area contributed by atoms with Gasteiger partial charge in [-0.3, -0.25) is 9.59 Å². The van der Waals surface area contributed by atoms with Gasteiger partial charge in [0, 0.05) is 6.04 Å². The number of nitrogens with zero attached hydrogens (tertiary/aromatic N) is 2. The zero-order valence-electron chi connectivity index (χ0n) is 11.8. The van der Waals surface area contributed by atoms with E-state index in [9.17, 15) is 9.59 Å². The summed E-state index contributed by atoms with van der Waals surface area (Å²) >= 11 is 6.13. The number of anilines is 1. The minimum atomic E-state index is -0.532. The highest BCUT2D eigenvalue weighted by Gasteiger charge is 2.41. The zero-order valence-corrected chi connectivity index (χ0v) is 12.6. The van der Waals surface area contributed by atoms with E-state index in [-0.39, 0.29) is 11.6 Å². The summed E-state index contributed by atoms with van der Waals surface area (Å²) in [7, 11) is 1.26. The van der Waals surface area contributed by atoms with Crippen molar-refractivity contribution in [2.45, 2.75) is 38.3 Å². The second kappa shape index (κ2) is 5.67. The first-order valence-electron chi connectivity index (χ1n) is 7.19. The molecule has 0 radical (unpaired) electrons. The van der Waals surface area contributed by atoms with Crippen molar-refractivity contribution in [1.29, 1.82) is 0 Å². The summed E-state index contributed by atoms with van der Waals surface area (Å²) in [6.45, 7) is -0.232. The van der Waals surface area contributed by atoms with Gasteiger partial charge in [-0.25, -0.2) is 4.68 Å². The second-order valence-corrected chi connectivity index (χ2v) is 6.13. The quantitative estimate of drug-likeness (QED) is 0.809. The number of nitrogens with one attached hydrogen (secondary N) is 1. The van der Waals surface area contributed by atoms with E-state index in [0.29, 0.717) is 23.6 Å². The van der Waals surface area contributed by atoms with Crippen molar-refractivity contribution >= 4 is 23.3 Å². The maximum absolute atomic E-state index is 12.1. The summed E-state index contributed by atoms with van der Waals surface area (Å²) in [6.07, 6.45) is 6.46. The van der Waals surface area contributed by atoms with Crippen LogP contribution in [0.25, 0.3) is 0 Å². The summed E-state index contributed by atoms with van der Waals surface area (Å²) in [5.74, 6) is 0.840. The minimum absolute atomic E-state index is 0.0835. The van der Waals surface area contributed by atoms with Crippen molar-refractivity contribution in [3.8, 4) is 0 Å². The third-order valence-electron chi connectivity index (χ3n) is 4.07. The van der Waals surface area contributed by atoms with E-state index in [2.05, 4.69) is 15.2 Å². The first-order chi connectivity index (χ1) is 10.1. The van der Waals surface area contributed by atoms with E-state index in [0.717, 1.165) is 4.68 Å². The van der Waals surface area contributed by atoms with Crippen molar-refractivity contribution in [3.63, 3.8) is 0 Å². The average Bonchev–Trinajstić information content (AvgIpc) is 3.35. The third-order valence-corrected chi connectivity index (χ3v) is 4.44. The van der Waals surface area contributed by atoms with E-state index in [1.807, 2.05) is 0 Å². The lowest BCUT2D eigenvalue weighted by Gasteiger charge is -2.19. The fraction of sp³-hybridized carbons (Fsp3) is 0.643. The van der Waals surface area contributed by atoms with Crippen molar-refractivity contribution in [1.82, 2.24) is 9.78 Å². The first kappa shape index (κ1) is 14.4. The van der Waals surface area contributed by atoms with Gasteiger partial charge in [0.15, 0.2) is 0 Å². The summed E-state index contributed by atoms with van der Waals surface area (Å²) in [5, 5.41) is 7.46. The smallest absolute Gasteiger partial charge is 0.327 e. The highest BCUT2D eigenvalue weighted by Crippen LogP contribution is 2.46. The molecule has 0 saturated heterocycles. The molecule has 2 aliphatic carbocycles. The SMILES string of the molecule is COC(=O)Cn1ncc(NC(C2CC2)C2CC2)c(Cl)c1=O. The summed E-state index contributed by atoms with van der Waals surface area (Å²) in [5.41, 5.74) is 0.0870. The third kappa shape index (κ3) is 3.20. The van der Waals surface area contributed by atoms with Gasteiger partial charge >= 0.3 is 5.97 Å². The zero-order chi connectivity index (χ0) is 15.0. The van der Waals surface area contributed by atoms with Crippen LogP contribution < -0.4 is 10.9 Å². The van der Waals surface area contributed by atoms with Crippen LogP contribution in [0.3, 0.4) is 0 Å². The maximum Gasteiger partial charge on any atom is 0.327 e. The number of aromatic nitrogens is 2. The predicted octanol–water partition coefficient (Wildman–Crippen LogP) is 1.67. The molecule has 0 amide bonds. The average molecular weight is 312 g/mol. The van der Waals surface area contributed by atoms with Crippen LogP contribution in [-0.2, 0) is 16.1 Å². The van der Waals surface area contributed by atoms with Gasteiger partial charge in [-0.2, -0.15) is 5.10 Å². The van der Waals surface area contributed by atoms with E-state index < -0.39 is 11.5 Å². The Morgan fingerprint density at radius 3 is 2.62 bits per heavy atom. The Labute approximate surface area is 127 Å². The van der Waals surface area contributed by atoms with Crippen molar-refractivity contribution in [3.05, 3.63) is 21.6 Å². The number of halogens is 1. The predicted molar refractivity (Wildman–Crippen MR) is 78.4 cm³/mol. The maximum atomic E-state index is 12.1. The second-order valence-electron chi connectivity index (χ2n) is 5.76. The molecular formula is C14H18ClN3O3. The van der Waals surface area contributed by atoms with Gasteiger partial charge in [0.05, 0.1) is 19.0 Å². The molecule has 3 rings (SSSR count). The minimum Gasteiger partial charge on any atom is -0.468 e. The Hall–Kier alpha value is -1.56. The van der Waals surface area contributed by atoms with Gasteiger partial charge in [0.2, 0.25) is 0 Å². The number of rotatable bonds is 6. The molecule has 0 atom stereocenters. The molecule has 6 nitrogen and oxygen atoms in total. The summed E-state index contributed by atoms with van der Waals surface area (Å²) < 4.78 is 5.54. The van der Waals surface area contributed by atoms with E-state index in [1.165, 1.54) is 39.0 Å². The molecule has 0 spiro atoms. The highest BCUT2D eigenvalue weighted by molar-refractivity contribution is 6.32. The molecule has 0 unspecified atom stereocenters. The molecule has 114 valence electrons. The van der Waals surface area contributed by atoms with Crippen molar-refractivity contribution in [2.24, 2.45) is 11.8 Å². The van der Waals surface area contributed by atoms with E-state index in [4.69, 9.17) is 11.6 Å². The highest BCUT2D eigenvalue weighted by atomic mass is 35.5. The number of hydrogen-bond donors (Lipinski definition) is 1. The lowest BCUT2D eigenvalue weighted by molar-refractivity contribution is -0.141. The van der Waals surface area contributed by atoms with E-state index >= 15 is 0 Å². The van der Waals surface area contributed by atoms with Crippen LogP contribution in [-0.4, -0.2) is 28.9 Å². The Bertz CT molecular complexity index is 596. The summed E-state index contributed by atoms with van der Waals surface area (Å²) in [6, 6.07) is 0.389. The van der Waals surface area contributed by atoms with E-state index in [1.54, 1.807) is 0 Å². The molecule has 7 heteroatoms.